The second kappa shape index (κ2) is 5.35. The summed E-state index contributed by atoms with van der Waals surface area (Å²) in [5.41, 5.74) is 0. The zero-order valence-electron chi connectivity index (χ0n) is 9.28. The number of hydrogen-bond acceptors (Lipinski definition) is 3. The summed E-state index contributed by atoms with van der Waals surface area (Å²) in [6.45, 7) is 5.81. The summed E-state index contributed by atoms with van der Waals surface area (Å²) in [5, 5.41) is 0. The maximum atomic E-state index is 11.1. The Morgan fingerprint density at radius 3 is 2.53 bits per heavy atom. The summed E-state index contributed by atoms with van der Waals surface area (Å²) in [6.07, 6.45) is 5.01. The average molecular weight is 212 g/mol. The Kier molecular flexibility index (Phi) is 3.83. The van der Waals surface area contributed by atoms with Crippen molar-refractivity contribution in [3.8, 4) is 0 Å². The number of piperidine rings is 1. The molecule has 2 saturated heterocycles. The van der Waals surface area contributed by atoms with E-state index in [-0.39, 0.29) is 6.09 Å². The third-order valence-electron chi connectivity index (χ3n) is 3.20. The van der Waals surface area contributed by atoms with E-state index in [0.29, 0.717) is 6.61 Å². The summed E-state index contributed by atoms with van der Waals surface area (Å²) in [5.74, 6) is 0. The highest BCUT2D eigenvalue weighted by molar-refractivity contribution is 5.69. The van der Waals surface area contributed by atoms with Crippen molar-refractivity contribution in [1.29, 1.82) is 0 Å². The van der Waals surface area contributed by atoms with Crippen LogP contribution in [-0.2, 0) is 4.74 Å². The fraction of sp³-hybridized carbons (Fsp3) is 0.909. The van der Waals surface area contributed by atoms with Crippen molar-refractivity contribution in [2.75, 3.05) is 39.3 Å². The molecule has 0 radical (unpaired) electrons. The lowest BCUT2D eigenvalue weighted by Gasteiger charge is -2.26. The molecule has 0 N–H and O–H groups in total. The molecule has 2 heterocycles. The summed E-state index contributed by atoms with van der Waals surface area (Å²) < 4.78 is 4.88. The number of nitrogens with zero attached hydrogens (tertiary/aromatic N) is 2. The monoisotopic (exact) mass is 212 g/mol. The van der Waals surface area contributed by atoms with Gasteiger partial charge in [0, 0.05) is 6.54 Å². The molecule has 0 aromatic rings. The van der Waals surface area contributed by atoms with Crippen molar-refractivity contribution in [3.05, 3.63) is 0 Å². The zero-order valence-corrected chi connectivity index (χ0v) is 9.28. The Labute approximate surface area is 91.2 Å². The van der Waals surface area contributed by atoms with Gasteiger partial charge in [-0.1, -0.05) is 6.42 Å². The molecule has 86 valence electrons. The van der Waals surface area contributed by atoms with Crippen LogP contribution in [0.25, 0.3) is 0 Å². The number of rotatable bonds is 4. The Bertz CT molecular complexity index is 215. The van der Waals surface area contributed by atoms with Gasteiger partial charge in [0.05, 0.1) is 6.54 Å². The van der Waals surface area contributed by atoms with Gasteiger partial charge in [0.15, 0.2) is 0 Å². The molecule has 0 unspecified atom stereocenters. The summed E-state index contributed by atoms with van der Waals surface area (Å²) >= 11 is 0. The van der Waals surface area contributed by atoms with Crippen molar-refractivity contribution in [3.63, 3.8) is 0 Å². The van der Waals surface area contributed by atoms with Crippen molar-refractivity contribution in [1.82, 2.24) is 9.80 Å². The van der Waals surface area contributed by atoms with Gasteiger partial charge in [-0.25, -0.2) is 4.79 Å². The highest BCUT2D eigenvalue weighted by atomic mass is 16.6. The molecule has 2 aliphatic rings. The number of likely N-dealkylation sites (tertiary alicyclic amines) is 1. The topological polar surface area (TPSA) is 32.8 Å². The molecule has 15 heavy (non-hydrogen) atoms. The summed E-state index contributed by atoms with van der Waals surface area (Å²) in [7, 11) is 0. The third-order valence-corrected chi connectivity index (χ3v) is 3.20. The molecule has 0 atom stereocenters. The average Bonchev–Trinajstić information content (AvgIpc) is 2.66. The first-order chi connectivity index (χ1) is 7.36. The Morgan fingerprint density at radius 1 is 1.07 bits per heavy atom. The lowest BCUT2D eigenvalue weighted by Crippen LogP contribution is -2.33. The second-order valence-corrected chi connectivity index (χ2v) is 4.36. The Hall–Kier alpha value is -0.770. The smallest absolute Gasteiger partial charge is 0.409 e. The molecule has 2 aliphatic heterocycles. The molecule has 0 aliphatic carbocycles. The number of amides is 1. The molecule has 4 nitrogen and oxygen atoms in total. The van der Waals surface area contributed by atoms with Crippen LogP contribution in [0.5, 0.6) is 0 Å². The van der Waals surface area contributed by atoms with Crippen molar-refractivity contribution in [2.45, 2.75) is 25.7 Å². The quantitative estimate of drug-likeness (QED) is 0.704. The number of cyclic esters (lactones) is 1. The van der Waals surface area contributed by atoms with Crippen LogP contribution < -0.4 is 0 Å². The van der Waals surface area contributed by atoms with Gasteiger partial charge in [-0.2, -0.15) is 0 Å². The van der Waals surface area contributed by atoms with Gasteiger partial charge in [0.1, 0.15) is 6.61 Å². The third kappa shape index (κ3) is 3.09. The van der Waals surface area contributed by atoms with E-state index in [2.05, 4.69) is 4.90 Å². The molecular formula is C11H20N2O2. The molecule has 0 bridgehead atoms. The maximum Gasteiger partial charge on any atom is 0.409 e. The lowest BCUT2D eigenvalue weighted by molar-refractivity contribution is 0.155. The van der Waals surface area contributed by atoms with Crippen LogP contribution in [0.15, 0.2) is 0 Å². The van der Waals surface area contributed by atoms with Crippen molar-refractivity contribution >= 4 is 6.09 Å². The van der Waals surface area contributed by atoms with Crippen LogP contribution in [0, 0.1) is 0 Å². The highest BCUT2D eigenvalue weighted by Crippen LogP contribution is 2.10. The van der Waals surface area contributed by atoms with Crippen LogP contribution in [0.2, 0.25) is 0 Å². The number of carbonyl (C=O) groups is 1. The molecule has 0 saturated carbocycles. The van der Waals surface area contributed by atoms with Gasteiger partial charge in [-0.3, -0.25) is 0 Å². The molecule has 0 aromatic heterocycles. The SMILES string of the molecule is O=C1OCCN1CCCN1CCCCC1. The zero-order chi connectivity index (χ0) is 10.5. The van der Waals surface area contributed by atoms with E-state index in [0.717, 1.165) is 26.1 Å². The van der Waals surface area contributed by atoms with Gasteiger partial charge in [0.25, 0.3) is 0 Å². The fourth-order valence-corrected chi connectivity index (χ4v) is 2.30. The van der Waals surface area contributed by atoms with E-state index in [1.54, 1.807) is 0 Å². The molecule has 0 aromatic carbocycles. The van der Waals surface area contributed by atoms with Crippen molar-refractivity contribution < 1.29 is 9.53 Å². The Balaban J connectivity index is 1.59. The molecule has 2 fully saturated rings. The van der Waals surface area contributed by atoms with Crippen LogP contribution in [0.1, 0.15) is 25.7 Å². The molecular weight excluding hydrogens is 192 g/mol. The van der Waals surface area contributed by atoms with E-state index in [1.807, 2.05) is 4.90 Å². The van der Waals surface area contributed by atoms with E-state index in [4.69, 9.17) is 4.74 Å². The van der Waals surface area contributed by atoms with Crippen molar-refractivity contribution in [2.24, 2.45) is 0 Å². The van der Waals surface area contributed by atoms with Crippen LogP contribution in [0.4, 0.5) is 4.79 Å². The predicted octanol–water partition coefficient (Wildman–Crippen LogP) is 1.31. The summed E-state index contributed by atoms with van der Waals surface area (Å²) in [6, 6.07) is 0. The van der Waals surface area contributed by atoms with Crippen LogP contribution >= 0.6 is 0 Å². The van der Waals surface area contributed by atoms with E-state index >= 15 is 0 Å². The minimum absolute atomic E-state index is 0.131. The minimum atomic E-state index is -0.131. The first kappa shape index (κ1) is 10.7. The molecule has 4 heteroatoms. The van der Waals surface area contributed by atoms with Gasteiger partial charge in [-0.05, 0) is 38.9 Å². The second-order valence-electron chi connectivity index (χ2n) is 4.36. The Morgan fingerprint density at radius 2 is 1.87 bits per heavy atom. The van der Waals surface area contributed by atoms with E-state index in [1.165, 1.54) is 32.4 Å². The molecule has 1 amide bonds. The van der Waals surface area contributed by atoms with E-state index < -0.39 is 0 Å². The first-order valence-corrected chi connectivity index (χ1v) is 6.00. The van der Waals surface area contributed by atoms with Gasteiger partial charge >= 0.3 is 6.09 Å². The first-order valence-electron chi connectivity index (χ1n) is 6.00. The standard InChI is InChI=1S/C11H20N2O2/c14-11-13(9-10-15-11)8-4-7-12-5-2-1-3-6-12/h1-10H2. The van der Waals surface area contributed by atoms with Gasteiger partial charge in [-0.15, -0.1) is 0 Å². The van der Waals surface area contributed by atoms with Gasteiger partial charge < -0.3 is 14.5 Å². The predicted molar refractivity (Wildman–Crippen MR) is 57.8 cm³/mol. The summed E-state index contributed by atoms with van der Waals surface area (Å²) in [4.78, 5) is 15.5. The number of hydrogen-bond donors (Lipinski definition) is 0. The van der Waals surface area contributed by atoms with Crippen LogP contribution in [0.3, 0.4) is 0 Å². The normalized spacial score (nSPS) is 23.2. The van der Waals surface area contributed by atoms with E-state index in [9.17, 15) is 4.79 Å². The minimum Gasteiger partial charge on any atom is -0.448 e. The molecule has 2 rings (SSSR count). The lowest BCUT2D eigenvalue weighted by atomic mass is 10.1. The number of carbonyl (C=O) groups excluding carboxylic acids is 1. The fourth-order valence-electron chi connectivity index (χ4n) is 2.30. The highest BCUT2D eigenvalue weighted by Gasteiger charge is 2.21. The number of ether oxygens (including phenoxy) is 1. The van der Waals surface area contributed by atoms with Crippen LogP contribution in [-0.4, -0.2) is 55.2 Å². The largest absolute Gasteiger partial charge is 0.448 e. The van der Waals surface area contributed by atoms with Gasteiger partial charge in [0.2, 0.25) is 0 Å². The molecule has 0 spiro atoms. The maximum absolute atomic E-state index is 11.1.